The minimum Gasteiger partial charge on any atom is -0.497 e. The smallest absolute Gasteiger partial charge is 0.226 e. The number of hydrogen-bond acceptors (Lipinski definition) is 5. The highest BCUT2D eigenvalue weighted by Crippen LogP contribution is 2.39. The molecule has 2 atom stereocenters. The number of aromatic nitrogens is 1. The van der Waals surface area contributed by atoms with Crippen LogP contribution in [0.1, 0.15) is 48.5 Å². The Morgan fingerprint density at radius 3 is 2.72 bits per heavy atom. The summed E-state index contributed by atoms with van der Waals surface area (Å²) in [5, 5.41) is 6.07. The van der Waals surface area contributed by atoms with E-state index in [1.165, 1.54) is 0 Å². The lowest BCUT2D eigenvalue weighted by Gasteiger charge is -2.28. The van der Waals surface area contributed by atoms with Crippen LogP contribution in [0.5, 0.6) is 5.75 Å². The van der Waals surface area contributed by atoms with Gasteiger partial charge in [0.15, 0.2) is 0 Å². The van der Waals surface area contributed by atoms with Crippen LogP contribution >= 0.6 is 11.3 Å². The molecule has 2 heterocycles. The molecular formula is C22H29N3O3S. The molecule has 1 N–H and O–H groups in total. The van der Waals surface area contributed by atoms with E-state index in [-0.39, 0.29) is 30.2 Å². The number of nitrogens with one attached hydrogen (secondary N) is 1. The number of unbranched alkanes of at least 4 members (excludes halogenated alkanes) is 1. The summed E-state index contributed by atoms with van der Waals surface area (Å²) in [4.78, 5) is 32.0. The van der Waals surface area contributed by atoms with Crippen LogP contribution in [0.2, 0.25) is 0 Å². The first-order valence-electron chi connectivity index (χ1n) is 10.2. The summed E-state index contributed by atoms with van der Waals surface area (Å²) in [5.41, 5.74) is 1.97. The number of hydrogen-bond donors (Lipinski definition) is 1. The summed E-state index contributed by atoms with van der Waals surface area (Å²) < 4.78 is 5.25. The van der Waals surface area contributed by atoms with Crippen LogP contribution in [0.3, 0.4) is 0 Å². The average Bonchev–Trinajstić information content (AvgIpc) is 3.29. The van der Waals surface area contributed by atoms with Gasteiger partial charge in [-0.1, -0.05) is 25.5 Å². The Morgan fingerprint density at radius 1 is 1.34 bits per heavy atom. The number of amides is 2. The van der Waals surface area contributed by atoms with E-state index in [9.17, 15) is 9.59 Å². The van der Waals surface area contributed by atoms with Crippen LogP contribution in [0, 0.1) is 12.8 Å². The van der Waals surface area contributed by atoms with Gasteiger partial charge < -0.3 is 15.0 Å². The molecule has 7 heteroatoms. The van der Waals surface area contributed by atoms with Crippen LogP contribution in [-0.4, -0.2) is 41.9 Å². The summed E-state index contributed by atoms with van der Waals surface area (Å²) in [6, 6.07) is 7.45. The molecule has 1 saturated heterocycles. The Bertz CT molecular complexity index is 834. The van der Waals surface area contributed by atoms with E-state index in [1.807, 2.05) is 41.5 Å². The van der Waals surface area contributed by atoms with Gasteiger partial charge in [-0.15, -0.1) is 11.3 Å². The largest absolute Gasteiger partial charge is 0.497 e. The second-order valence-electron chi connectivity index (χ2n) is 7.37. The van der Waals surface area contributed by atoms with Crippen molar-refractivity contribution in [2.24, 2.45) is 5.92 Å². The zero-order valence-electron chi connectivity index (χ0n) is 17.3. The fourth-order valence-corrected chi connectivity index (χ4v) is 4.45. The van der Waals surface area contributed by atoms with Gasteiger partial charge in [-0.3, -0.25) is 9.59 Å². The van der Waals surface area contributed by atoms with Gasteiger partial charge in [-0.25, -0.2) is 4.98 Å². The molecule has 0 radical (unpaired) electrons. The van der Waals surface area contributed by atoms with E-state index in [1.54, 1.807) is 18.4 Å². The number of likely N-dealkylation sites (tertiary alicyclic amines) is 1. The van der Waals surface area contributed by atoms with Gasteiger partial charge in [0.2, 0.25) is 11.8 Å². The third kappa shape index (κ3) is 5.15. The van der Waals surface area contributed by atoms with E-state index in [0.717, 1.165) is 34.9 Å². The van der Waals surface area contributed by atoms with Gasteiger partial charge >= 0.3 is 0 Å². The molecule has 0 unspecified atom stereocenters. The van der Waals surface area contributed by atoms with E-state index < -0.39 is 0 Å². The van der Waals surface area contributed by atoms with Crippen LogP contribution in [0.15, 0.2) is 29.6 Å². The van der Waals surface area contributed by atoms with E-state index >= 15 is 0 Å². The lowest BCUT2D eigenvalue weighted by Crippen LogP contribution is -2.36. The van der Waals surface area contributed by atoms with Crippen molar-refractivity contribution < 1.29 is 14.3 Å². The van der Waals surface area contributed by atoms with Crippen LogP contribution in [-0.2, 0) is 16.0 Å². The maximum atomic E-state index is 13.0. The molecule has 0 saturated carbocycles. The minimum atomic E-state index is -0.384. The van der Waals surface area contributed by atoms with Gasteiger partial charge in [0.05, 0.1) is 29.8 Å². The van der Waals surface area contributed by atoms with Crippen molar-refractivity contribution in [3.05, 3.63) is 45.9 Å². The van der Waals surface area contributed by atoms with Crippen LogP contribution < -0.4 is 10.1 Å². The number of methoxy groups -OCH3 is 1. The molecule has 1 aliphatic heterocycles. The molecule has 6 nitrogen and oxygen atoms in total. The van der Waals surface area contributed by atoms with Gasteiger partial charge in [0.1, 0.15) is 5.75 Å². The average molecular weight is 416 g/mol. The Labute approximate surface area is 176 Å². The highest BCUT2D eigenvalue weighted by molar-refractivity contribution is 7.09. The van der Waals surface area contributed by atoms with Crippen LogP contribution in [0.25, 0.3) is 0 Å². The lowest BCUT2D eigenvalue weighted by molar-refractivity contribution is -0.129. The van der Waals surface area contributed by atoms with Crippen molar-refractivity contribution in [1.29, 1.82) is 0 Å². The Kier molecular flexibility index (Phi) is 7.25. The zero-order chi connectivity index (χ0) is 20.8. The summed E-state index contributed by atoms with van der Waals surface area (Å²) in [7, 11) is 1.63. The van der Waals surface area contributed by atoms with Gasteiger partial charge in [-0.05, 0) is 31.0 Å². The second-order valence-corrected chi connectivity index (χ2v) is 8.43. The first-order chi connectivity index (χ1) is 14.0. The predicted octanol–water partition coefficient (Wildman–Crippen LogP) is 3.51. The number of benzene rings is 1. The highest BCUT2D eigenvalue weighted by atomic mass is 32.1. The van der Waals surface area contributed by atoms with Gasteiger partial charge in [0.25, 0.3) is 0 Å². The SMILES string of the molecule is CCCCN1C(=O)C[C@H](C(=O)NCCc2csc(C)n2)[C@@H]1c1ccc(OC)cc1. The third-order valence-electron chi connectivity index (χ3n) is 5.33. The van der Waals surface area contributed by atoms with Gasteiger partial charge in [-0.2, -0.15) is 0 Å². The number of nitrogens with zero attached hydrogens (tertiary/aromatic N) is 2. The van der Waals surface area contributed by atoms with Crippen molar-refractivity contribution >= 4 is 23.2 Å². The molecular weight excluding hydrogens is 386 g/mol. The first-order valence-corrected chi connectivity index (χ1v) is 11.0. The molecule has 1 aliphatic rings. The zero-order valence-corrected chi connectivity index (χ0v) is 18.1. The summed E-state index contributed by atoms with van der Waals surface area (Å²) in [6.07, 6.45) is 2.88. The molecule has 2 aromatic rings. The number of carbonyl (C=O) groups is 2. The standard InChI is InChI=1S/C22H29N3O3S/c1-4-5-12-25-20(26)13-19(21(25)16-6-8-18(28-3)9-7-16)22(27)23-11-10-17-14-29-15(2)24-17/h6-9,14,19,21H,4-5,10-13H2,1-3H3,(H,23,27)/t19-,21-/m0/s1. The highest BCUT2D eigenvalue weighted by Gasteiger charge is 2.44. The molecule has 29 heavy (non-hydrogen) atoms. The Balaban J connectivity index is 1.72. The maximum absolute atomic E-state index is 13.0. The molecule has 0 bridgehead atoms. The molecule has 1 aromatic carbocycles. The fraction of sp³-hybridized carbons (Fsp3) is 0.500. The molecule has 1 fully saturated rings. The van der Waals surface area contributed by atoms with Crippen molar-refractivity contribution in [2.75, 3.05) is 20.2 Å². The number of thiazole rings is 1. The number of rotatable bonds is 9. The summed E-state index contributed by atoms with van der Waals surface area (Å²) in [6.45, 7) is 5.28. The van der Waals surface area contributed by atoms with Crippen LogP contribution in [0.4, 0.5) is 0 Å². The Hall–Kier alpha value is -2.41. The summed E-state index contributed by atoms with van der Waals surface area (Å²) in [5.74, 6) is 0.363. The number of aryl methyl sites for hydroxylation is 1. The fourth-order valence-electron chi connectivity index (χ4n) is 3.80. The topological polar surface area (TPSA) is 71.5 Å². The van der Waals surface area contributed by atoms with Crippen molar-refractivity contribution in [1.82, 2.24) is 15.2 Å². The quantitative estimate of drug-likeness (QED) is 0.680. The monoisotopic (exact) mass is 415 g/mol. The molecule has 2 amide bonds. The first kappa shape index (κ1) is 21.3. The number of ether oxygens (including phenoxy) is 1. The summed E-state index contributed by atoms with van der Waals surface area (Å²) >= 11 is 1.61. The Morgan fingerprint density at radius 2 is 2.10 bits per heavy atom. The van der Waals surface area contributed by atoms with Gasteiger partial charge in [0, 0.05) is 31.3 Å². The van der Waals surface area contributed by atoms with Crippen molar-refractivity contribution in [3.63, 3.8) is 0 Å². The lowest BCUT2D eigenvalue weighted by atomic mass is 9.92. The van der Waals surface area contributed by atoms with E-state index in [4.69, 9.17) is 4.74 Å². The molecule has 156 valence electrons. The molecule has 3 rings (SSSR count). The van der Waals surface area contributed by atoms with E-state index in [2.05, 4.69) is 17.2 Å². The maximum Gasteiger partial charge on any atom is 0.226 e. The molecule has 0 spiro atoms. The minimum absolute atomic E-state index is 0.0505. The molecule has 0 aliphatic carbocycles. The van der Waals surface area contributed by atoms with E-state index in [0.29, 0.717) is 19.5 Å². The molecule has 1 aromatic heterocycles. The van der Waals surface area contributed by atoms with Crippen molar-refractivity contribution in [2.45, 2.75) is 45.6 Å². The second kappa shape index (κ2) is 9.87. The van der Waals surface area contributed by atoms with Crippen molar-refractivity contribution in [3.8, 4) is 5.75 Å². The number of carbonyl (C=O) groups excluding carboxylic acids is 2. The third-order valence-corrected chi connectivity index (χ3v) is 6.15. The normalized spacial score (nSPS) is 18.9. The predicted molar refractivity (Wildman–Crippen MR) is 114 cm³/mol.